The third kappa shape index (κ3) is 3.64. The molecule has 1 N–H and O–H groups in total. The number of nitriles is 1. The molecule has 2 rings (SSSR count). The second-order valence-corrected chi connectivity index (χ2v) is 4.85. The summed E-state index contributed by atoms with van der Waals surface area (Å²) in [5, 5.41) is 18.7. The van der Waals surface area contributed by atoms with Crippen LogP contribution in [0.5, 0.6) is 5.75 Å². The molecule has 1 aromatic rings. The minimum Gasteiger partial charge on any atom is -0.508 e. The van der Waals surface area contributed by atoms with E-state index in [9.17, 15) is 15.2 Å². The third-order valence-electron chi connectivity index (χ3n) is 3.54. The van der Waals surface area contributed by atoms with Gasteiger partial charge >= 0.3 is 6.09 Å². The lowest BCUT2D eigenvalue weighted by Gasteiger charge is -2.36. The number of hydrogen-bond donors (Lipinski definition) is 1. The number of carbonyl (C=O) groups excluding carboxylic acids is 1. The Morgan fingerprint density at radius 1 is 1.33 bits per heavy atom. The summed E-state index contributed by atoms with van der Waals surface area (Å²) in [4.78, 5) is 15.3. The number of amides is 1. The summed E-state index contributed by atoms with van der Waals surface area (Å²) < 4.78 is 4.98. The summed E-state index contributed by atoms with van der Waals surface area (Å²) in [5.74, 6) is 0.183. The number of rotatable bonds is 3. The highest BCUT2D eigenvalue weighted by atomic mass is 16.6. The van der Waals surface area contributed by atoms with Gasteiger partial charge in [-0.25, -0.2) is 4.79 Å². The van der Waals surface area contributed by atoms with Gasteiger partial charge in [-0.3, -0.25) is 4.90 Å². The van der Waals surface area contributed by atoms with Gasteiger partial charge < -0.3 is 14.7 Å². The number of phenols is 1. The molecule has 0 aromatic heterocycles. The van der Waals surface area contributed by atoms with E-state index in [1.54, 1.807) is 36.1 Å². The van der Waals surface area contributed by atoms with E-state index in [4.69, 9.17) is 4.74 Å². The molecule has 21 heavy (non-hydrogen) atoms. The number of aromatic hydroxyl groups is 1. The fraction of sp³-hybridized carbons (Fsp3) is 0.467. The zero-order valence-electron chi connectivity index (χ0n) is 12.0. The molecule has 1 unspecified atom stereocenters. The molecule has 6 heteroatoms. The number of phenolic OH excluding ortho intramolecular Hbond substituents is 1. The summed E-state index contributed by atoms with van der Waals surface area (Å²) in [6.45, 7) is 4.50. The Morgan fingerprint density at radius 2 is 1.95 bits per heavy atom. The molecule has 1 aliphatic heterocycles. The van der Waals surface area contributed by atoms with E-state index >= 15 is 0 Å². The molecule has 1 aromatic carbocycles. The van der Waals surface area contributed by atoms with Crippen molar-refractivity contribution in [2.75, 3.05) is 32.8 Å². The van der Waals surface area contributed by atoms with Crippen LogP contribution >= 0.6 is 0 Å². The van der Waals surface area contributed by atoms with Gasteiger partial charge in [-0.2, -0.15) is 5.26 Å². The lowest BCUT2D eigenvalue weighted by molar-refractivity contribution is 0.0733. The topological polar surface area (TPSA) is 76.8 Å². The Kier molecular flexibility index (Phi) is 5.01. The van der Waals surface area contributed by atoms with Crippen LogP contribution in [0.4, 0.5) is 4.79 Å². The predicted molar refractivity (Wildman–Crippen MR) is 76.6 cm³/mol. The maximum Gasteiger partial charge on any atom is 0.409 e. The van der Waals surface area contributed by atoms with Crippen LogP contribution in [0.2, 0.25) is 0 Å². The summed E-state index contributed by atoms with van der Waals surface area (Å²) in [6.07, 6.45) is -0.296. The van der Waals surface area contributed by atoms with Crippen molar-refractivity contribution in [1.29, 1.82) is 5.26 Å². The van der Waals surface area contributed by atoms with Crippen LogP contribution in [0.1, 0.15) is 18.5 Å². The summed E-state index contributed by atoms with van der Waals surface area (Å²) >= 11 is 0. The van der Waals surface area contributed by atoms with E-state index in [0.717, 1.165) is 5.56 Å². The van der Waals surface area contributed by atoms with Crippen LogP contribution in [0.25, 0.3) is 0 Å². The average molecular weight is 289 g/mol. The summed E-state index contributed by atoms with van der Waals surface area (Å²) in [6, 6.07) is 8.58. The van der Waals surface area contributed by atoms with Crippen molar-refractivity contribution in [2.24, 2.45) is 0 Å². The van der Waals surface area contributed by atoms with Crippen molar-refractivity contribution < 1.29 is 14.6 Å². The molecule has 1 heterocycles. The maximum atomic E-state index is 11.6. The molecule has 0 saturated carbocycles. The van der Waals surface area contributed by atoms with Crippen LogP contribution in [0, 0.1) is 11.3 Å². The zero-order valence-corrected chi connectivity index (χ0v) is 12.0. The Bertz CT molecular complexity index is 516. The van der Waals surface area contributed by atoms with Gasteiger partial charge in [0.1, 0.15) is 11.8 Å². The first-order valence-electron chi connectivity index (χ1n) is 7.00. The van der Waals surface area contributed by atoms with Crippen molar-refractivity contribution >= 4 is 6.09 Å². The van der Waals surface area contributed by atoms with Gasteiger partial charge in [0.25, 0.3) is 0 Å². The molecule has 1 fully saturated rings. The highest BCUT2D eigenvalue weighted by Crippen LogP contribution is 2.23. The van der Waals surface area contributed by atoms with E-state index in [1.165, 1.54) is 0 Å². The first kappa shape index (κ1) is 15.1. The van der Waals surface area contributed by atoms with Crippen LogP contribution in [-0.2, 0) is 4.74 Å². The Labute approximate surface area is 124 Å². The van der Waals surface area contributed by atoms with Crippen molar-refractivity contribution in [3.05, 3.63) is 29.8 Å². The van der Waals surface area contributed by atoms with Gasteiger partial charge in [0, 0.05) is 26.2 Å². The van der Waals surface area contributed by atoms with Gasteiger partial charge in [0.05, 0.1) is 12.7 Å². The second-order valence-electron chi connectivity index (χ2n) is 4.85. The van der Waals surface area contributed by atoms with Crippen molar-refractivity contribution in [3.8, 4) is 11.8 Å². The molecule has 0 bridgehead atoms. The molecule has 6 nitrogen and oxygen atoms in total. The van der Waals surface area contributed by atoms with Gasteiger partial charge in [0.15, 0.2) is 0 Å². The zero-order chi connectivity index (χ0) is 15.2. The molecule has 112 valence electrons. The van der Waals surface area contributed by atoms with Crippen LogP contribution in [0.15, 0.2) is 24.3 Å². The highest BCUT2D eigenvalue weighted by molar-refractivity contribution is 5.67. The van der Waals surface area contributed by atoms with Crippen LogP contribution in [-0.4, -0.2) is 53.8 Å². The fourth-order valence-electron chi connectivity index (χ4n) is 2.40. The Hall–Kier alpha value is -2.26. The monoisotopic (exact) mass is 289 g/mol. The van der Waals surface area contributed by atoms with Crippen molar-refractivity contribution in [1.82, 2.24) is 9.80 Å². The van der Waals surface area contributed by atoms with E-state index in [0.29, 0.717) is 32.8 Å². The molecule has 1 atom stereocenters. The number of piperazine rings is 1. The first-order valence-corrected chi connectivity index (χ1v) is 7.00. The molecule has 1 saturated heterocycles. The van der Waals surface area contributed by atoms with E-state index < -0.39 is 0 Å². The third-order valence-corrected chi connectivity index (χ3v) is 3.54. The van der Waals surface area contributed by atoms with Gasteiger partial charge in [-0.15, -0.1) is 0 Å². The van der Waals surface area contributed by atoms with Gasteiger partial charge in [-0.05, 0) is 24.6 Å². The van der Waals surface area contributed by atoms with E-state index in [1.807, 2.05) is 4.90 Å². The standard InChI is InChI=1S/C15H19N3O3/c1-2-21-15(20)18-9-7-17(8-10-18)14(11-16)12-3-5-13(19)6-4-12/h3-6,14,19H,2,7-10H2,1H3. The average Bonchev–Trinajstić information content (AvgIpc) is 2.51. The fourth-order valence-corrected chi connectivity index (χ4v) is 2.40. The van der Waals surface area contributed by atoms with Gasteiger partial charge in [0.2, 0.25) is 0 Å². The predicted octanol–water partition coefficient (Wildman–Crippen LogP) is 1.73. The molecule has 0 radical (unpaired) electrons. The Balaban J connectivity index is 1.98. The molecular formula is C15H19N3O3. The van der Waals surface area contributed by atoms with Crippen LogP contribution < -0.4 is 0 Å². The van der Waals surface area contributed by atoms with Crippen LogP contribution in [0.3, 0.4) is 0 Å². The minimum atomic E-state index is -0.366. The van der Waals surface area contributed by atoms with Crippen molar-refractivity contribution in [2.45, 2.75) is 13.0 Å². The molecule has 0 spiro atoms. The number of carbonyl (C=O) groups is 1. The lowest BCUT2D eigenvalue weighted by Crippen LogP contribution is -2.49. The van der Waals surface area contributed by atoms with Gasteiger partial charge in [-0.1, -0.05) is 12.1 Å². The maximum absolute atomic E-state index is 11.6. The normalized spacial score (nSPS) is 17.0. The largest absolute Gasteiger partial charge is 0.508 e. The van der Waals surface area contributed by atoms with E-state index in [2.05, 4.69) is 6.07 Å². The number of hydrogen-bond acceptors (Lipinski definition) is 5. The first-order chi connectivity index (χ1) is 10.2. The number of benzene rings is 1. The quantitative estimate of drug-likeness (QED) is 0.917. The van der Waals surface area contributed by atoms with Crippen molar-refractivity contribution in [3.63, 3.8) is 0 Å². The molecule has 1 aliphatic rings. The summed E-state index contributed by atoms with van der Waals surface area (Å²) in [5.41, 5.74) is 0.847. The highest BCUT2D eigenvalue weighted by Gasteiger charge is 2.27. The minimum absolute atomic E-state index is 0.183. The molecule has 1 amide bonds. The smallest absolute Gasteiger partial charge is 0.409 e. The molecule has 0 aliphatic carbocycles. The number of ether oxygens (including phenoxy) is 1. The number of nitrogens with zero attached hydrogens (tertiary/aromatic N) is 3. The SMILES string of the molecule is CCOC(=O)N1CCN(C(C#N)c2ccc(O)cc2)CC1. The Morgan fingerprint density at radius 3 is 2.48 bits per heavy atom. The second kappa shape index (κ2) is 6.95. The van der Waals surface area contributed by atoms with E-state index in [-0.39, 0.29) is 17.9 Å². The summed E-state index contributed by atoms with van der Waals surface area (Å²) in [7, 11) is 0. The lowest BCUT2D eigenvalue weighted by atomic mass is 10.1. The molecular weight excluding hydrogens is 270 g/mol.